The van der Waals surface area contributed by atoms with Gasteiger partial charge in [-0.3, -0.25) is 0 Å². The summed E-state index contributed by atoms with van der Waals surface area (Å²) in [7, 11) is 1.57. The molecule has 5 unspecified atom stereocenters. The smallest absolute Gasteiger partial charge is 0.331 e. The fourth-order valence-corrected chi connectivity index (χ4v) is 5.86. The van der Waals surface area contributed by atoms with Gasteiger partial charge in [-0.1, -0.05) is 57.6 Å². The first-order valence-corrected chi connectivity index (χ1v) is 10.5. The van der Waals surface area contributed by atoms with Gasteiger partial charge < -0.3 is 19.3 Å². The highest BCUT2D eigenvalue weighted by Gasteiger charge is 2.68. The minimum absolute atomic E-state index is 0.0484. The molecule has 0 aromatic rings. The van der Waals surface area contributed by atoms with E-state index in [1.807, 2.05) is 31.2 Å². The van der Waals surface area contributed by atoms with Crippen LogP contribution in [0.3, 0.4) is 0 Å². The molecule has 29 heavy (non-hydrogen) atoms. The highest BCUT2D eigenvalue weighted by atomic mass is 16.7. The topological polar surface area (TPSA) is 65.0 Å². The molecule has 3 rings (SSSR count). The molecule has 0 amide bonds. The molecule has 0 aromatic carbocycles. The number of fused-ring (bicyclic) bond motifs is 3. The first-order valence-electron chi connectivity index (χ1n) is 10.5. The van der Waals surface area contributed by atoms with Gasteiger partial charge in [-0.15, -0.1) is 0 Å². The number of hydrogen-bond donors (Lipinski definition) is 1. The number of allylic oxidation sites excluding steroid dienone is 5. The van der Waals surface area contributed by atoms with Crippen molar-refractivity contribution < 1.29 is 24.1 Å². The third-order valence-electron chi connectivity index (χ3n) is 7.06. The van der Waals surface area contributed by atoms with E-state index < -0.39 is 23.4 Å². The van der Waals surface area contributed by atoms with Gasteiger partial charge in [0.25, 0.3) is 0 Å². The van der Waals surface area contributed by atoms with E-state index in [1.54, 1.807) is 19.3 Å². The molecular formula is C24H34O5. The zero-order valence-electron chi connectivity index (χ0n) is 18.2. The number of carbonyl (C=O) groups excluding carboxylic acids is 1. The van der Waals surface area contributed by atoms with E-state index in [0.29, 0.717) is 0 Å². The molecule has 1 aliphatic heterocycles. The Balaban J connectivity index is 1.94. The van der Waals surface area contributed by atoms with E-state index in [4.69, 9.17) is 14.2 Å². The van der Waals surface area contributed by atoms with Crippen molar-refractivity contribution in [2.24, 2.45) is 16.7 Å². The van der Waals surface area contributed by atoms with Gasteiger partial charge in [-0.05, 0) is 36.8 Å². The van der Waals surface area contributed by atoms with Crippen molar-refractivity contribution in [3.05, 3.63) is 48.1 Å². The molecular weight excluding hydrogens is 368 g/mol. The molecule has 5 nitrogen and oxygen atoms in total. The number of aliphatic hydroxyl groups is 1. The van der Waals surface area contributed by atoms with E-state index in [0.717, 1.165) is 24.8 Å². The summed E-state index contributed by atoms with van der Waals surface area (Å²) in [5, 5.41) is 11.8. The van der Waals surface area contributed by atoms with Crippen LogP contribution in [0.25, 0.3) is 0 Å². The molecule has 160 valence electrons. The minimum atomic E-state index is -1.21. The maximum atomic E-state index is 12.5. The molecule has 0 aromatic heterocycles. The predicted octanol–water partition coefficient (Wildman–Crippen LogP) is 4.09. The number of hydrogen-bond acceptors (Lipinski definition) is 5. The molecule has 0 radical (unpaired) electrons. The van der Waals surface area contributed by atoms with Crippen molar-refractivity contribution in [3.63, 3.8) is 0 Å². The van der Waals surface area contributed by atoms with Crippen LogP contribution >= 0.6 is 0 Å². The Hall–Kier alpha value is -1.69. The lowest BCUT2D eigenvalue weighted by atomic mass is 9.46. The van der Waals surface area contributed by atoms with Crippen LogP contribution in [0.4, 0.5) is 0 Å². The maximum absolute atomic E-state index is 12.5. The number of carbonyl (C=O) groups is 1. The Bertz CT molecular complexity index is 746. The van der Waals surface area contributed by atoms with Crippen LogP contribution in [0, 0.1) is 16.7 Å². The third-order valence-corrected chi connectivity index (χ3v) is 7.06. The molecule has 5 atom stereocenters. The summed E-state index contributed by atoms with van der Waals surface area (Å²) in [6, 6.07) is 0. The second-order valence-electron chi connectivity index (χ2n) is 9.25. The molecule has 2 fully saturated rings. The van der Waals surface area contributed by atoms with Crippen LogP contribution in [0.15, 0.2) is 48.1 Å². The van der Waals surface area contributed by atoms with Crippen LogP contribution in [0.2, 0.25) is 0 Å². The molecule has 2 aliphatic carbocycles. The van der Waals surface area contributed by atoms with Crippen molar-refractivity contribution in [2.75, 3.05) is 13.7 Å². The lowest BCUT2D eigenvalue weighted by molar-refractivity contribution is -0.252. The Morgan fingerprint density at radius 2 is 1.93 bits per heavy atom. The maximum Gasteiger partial charge on any atom is 0.331 e. The highest BCUT2D eigenvalue weighted by Crippen LogP contribution is 2.64. The molecule has 1 saturated heterocycles. The summed E-state index contributed by atoms with van der Waals surface area (Å²) >= 11 is 0. The summed E-state index contributed by atoms with van der Waals surface area (Å²) in [5.74, 6) is -0.430. The largest absolute Gasteiger partial charge is 0.455 e. The summed E-state index contributed by atoms with van der Waals surface area (Å²) < 4.78 is 17.2. The summed E-state index contributed by atoms with van der Waals surface area (Å²) in [5.41, 5.74) is -1.07. The van der Waals surface area contributed by atoms with E-state index in [-0.39, 0.29) is 23.9 Å². The van der Waals surface area contributed by atoms with Crippen molar-refractivity contribution in [3.8, 4) is 0 Å². The Labute approximate surface area is 174 Å². The van der Waals surface area contributed by atoms with E-state index >= 15 is 0 Å². The average molecular weight is 403 g/mol. The quantitative estimate of drug-likeness (QED) is 0.325. The second kappa shape index (κ2) is 8.21. The van der Waals surface area contributed by atoms with Gasteiger partial charge >= 0.3 is 5.97 Å². The second-order valence-corrected chi connectivity index (χ2v) is 9.25. The van der Waals surface area contributed by atoms with Gasteiger partial charge in [0.15, 0.2) is 6.29 Å². The monoisotopic (exact) mass is 402 g/mol. The minimum Gasteiger partial charge on any atom is -0.455 e. The van der Waals surface area contributed by atoms with Gasteiger partial charge in [0, 0.05) is 24.5 Å². The van der Waals surface area contributed by atoms with Crippen LogP contribution in [0.5, 0.6) is 0 Å². The average Bonchev–Trinajstić information content (AvgIpc) is 2.98. The highest BCUT2D eigenvalue weighted by molar-refractivity contribution is 5.82. The van der Waals surface area contributed by atoms with Crippen molar-refractivity contribution >= 4 is 5.97 Å². The predicted molar refractivity (Wildman–Crippen MR) is 112 cm³/mol. The number of rotatable bonds is 5. The third kappa shape index (κ3) is 3.65. The first-order chi connectivity index (χ1) is 13.7. The normalized spacial score (nSPS) is 39.0. The molecule has 1 N–H and O–H groups in total. The molecule has 0 spiro atoms. The fourth-order valence-electron chi connectivity index (χ4n) is 5.86. The SMILES string of the molecule is CC=CC=CC=CC(=O)OC1C=C2COC(OC)C2(O)C2(C)CCCC(C)(C)C12. The number of ether oxygens (including phenoxy) is 3. The van der Waals surface area contributed by atoms with Crippen LogP contribution < -0.4 is 0 Å². The van der Waals surface area contributed by atoms with Gasteiger partial charge in [0.2, 0.25) is 0 Å². The molecule has 3 aliphatic rings. The Kier molecular flexibility index (Phi) is 6.23. The zero-order valence-corrected chi connectivity index (χ0v) is 18.2. The lowest BCUT2D eigenvalue weighted by Gasteiger charge is -2.61. The number of methoxy groups -OCH3 is 1. The first kappa shape index (κ1) is 22.0. The lowest BCUT2D eigenvalue weighted by Crippen LogP contribution is -2.66. The summed E-state index contributed by atoms with van der Waals surface area (Å²) in [6.45, 7) is 8.72. The van der Waals surface area contributed by atoms with Crippen LogP contribution in [-0.4, -0.2) is 42.8 Å². The number of esters is 1. The Morgan fingerprint density at radius 1 is 1.21 bits per heavy atom. The van der Waals surface area contributed by atoms with Crippen LogP contribution in [0.1, 0.15) is 47.0 Å². The van der Waals surface area contributed by atoms with Gasteiger partial charge in [-0.25, -0.2) is 4.79 Å². The van der Waals surface area contributed by atoms with Gasteiger partial charge in [0.1, 0.15) is 11.7 Å². The van der Waals surface area contributed by atoms with E-state index in [9.17, 15) is 9.90 Å². The molecule has 1 heterocycles. The van der Waals surface area contributed by atoms with Crippen LogP contribution in [-0.2, 0) is 19.0 Å². The summed E-state index contributed by atoms with van der Waals surface area (Å²) in [4.78, 5) is 12.5. The molecule has 0 bridgehead atoms. The van der Waals surface area contributed by atoms with E-state index in [2.05, 4.69) is 20.8 Å². The Morgan fingerprint density at radius 3 is 2.62 bits per heavy atom. The van der Waals surface area contributed by atoms with Crippen molar-refractivity contribution in [1.82, 2.24) is 0 Å². The zero-order chi connectivity index (χ0) is 21.3. The fraction of sp³-hybridized carbons (Fsp3) is 0.625. The van der Waals surface area contributed by atoms with Crippen molar-refractivity contribution in [2.45, 2.75) is 65.0 Å². The summed E-state index contributed by atoms with van der Waals surface area (Å²) in [6.07, 6.45) is 14.2. The molecule has 5 heteroatoms. The van der Waals surface area contributed by atoms with Gasteiger partial charge in [0.05, 0.1) is 6.61 Å². The molecule has 1 saturated carbocycles. The van der Waals surface area contributed by atoms with E-state index in [1.165, 1.54) is 6.08 Å². The van der Waals surface area contributed by atoms with Gasteiger partial charge in [-0.2, -0.15) is 0 Å². The standard InChI is InChI=1S/C24H34O5/c1-6-7-8-9-10-12-19(25)29-18-15-17-16-28-21(27-5)24(17,26)23(4)14-11-13-22(2,3)20(18)23/h6-10,12,15,18,20-21,26H,11,13-14,16H2,1-5H3. The van der Waals surface area contributed by atoms with Crippen molar-refractivity contribution in [1.29, 1.82) is 0 Å².